The van der Waals surface area contributed by atoms with Crippen molar-refractivity contribution in [3.05, 3.63) is 0 Å². The number of carboxylic acids is 1. The van der Waals surface area contributed by atoms with Gasteiger partial charge >= 0.3 is 5.97 Å². The van der Waals surface area contributed by atoms with E-state index in [4.69, 9.17) is 5.11 Å². The summed E-state index contributed by atoms with van der Waals surface area (Å²) in [6.07, 6.45) is -0.283. The third-order valence-corrected chi connectivity index (χ3v) is 2.19. The summed E-state index contributed by atoms with van der Waals surface area (Å²) in [5.41, 5.74) is 0. The molecule has 0 aromatic carbocycles. The lowest BCUT2D eigenvalue weighted by atomic mass is 10.2. The molecule has 1 aliphatic heterocycles. The highest BCUT2D eigenvalue weighted by molar-refractivity contribution is 5.84. The van der Waals surface area contributed by atoms with Crippen LogP contribution in [-0.4, -0.2) is 45.7 Å². The zero-order valence-electron chi connectivity index (χ0n) is 7.43. The van der Waals surface area contributed by atoms with Gasteiger partial charge in [0.25, 0.3) is 0 Å². The fourth-order valence-corrected chi connectivity index (χ4v) is 1.53. The lowest BCUT2D eigenvalue weighted by molar-refractivity contribution is -0.148. The molecule has 0 spiro atoms. The highest BCUT2D eigenvalue weighted by Crippen LogP contribution is 2.18. The monoisotopic (exact) mass is 187 g/mol. The maximum atomic E-state index is 11.2. The SMILES string of the molecule is CCC(=O)N1C[C@H](O)C[C@@H]1C(=O)O. The predicted octanol–water partition coefficient (Wildman–Crippen LogP) is -0.557. The summed E-state index contributed by atoms with van der Waals surface area (Å²) in [7, 11) is 0. The maximum absolute atomic E-state index is 11.2. The van der Waals surface area contributed by atoms with Crippen LogP contribution in [0.15, 0.2) is 0 Å². The summed E-state index contributed by atoms with van der Waals surface area (Å²) in [6.45, 7) is 1.82. The van der Waals surface area contributed by atoms with Crippen molar-refractivity contribution in [3.63, 3.8) is 0 Å². The van der Waals surface area contributed by atoms with Gasteiger partial charge in [-0.05, 0) is 0 Å². The van der Waals surface area contributed by atoms with Crippen molar-refractivity contribution in [2.24, 2.45) is 0 Å². The molecule has 1 aliphatic rings. The predicted molar refractivity (Wildman–Crippen MR) is 44.1 cm³/mol. The van der Waals surface area contributed by atoms with Gasteiger partial charge < -0.3 is 15.1 Å². The Bertz CT molecular complexity index is 228. The Morgan fingerprint density at radius 3 is 2.62 bits per heavy atom. The number of rotatable bonds is 2. The molecule has 0 saturated carbocycles. The van der Waals surface area contributed by atoms with Gasteiger partial charge in [-0.3, -0.25) is 4.79 Å². The summed E-state index contributed by atoms with van der Waals surface area (Å²) in [6, 6.07) is -0.845. The first-order chi connectivity index (χ1) is 6.06. The van der Waals surface area contributed by atoms with E-state index in [2.05, 4.69) is 0 Å². The highest BCUT2D eigenvalue weighted by Gasteiger charge is 2.37. The molecule has 1 heterocycles. The number of aliphatic hydroxyl groups is 1. The number of aliphatic hydroxyl groups excluding tert-OH is 1. The molecule has 13 heavy (non-hydrogen) atoms. The van der Waals surface area contributed by atoms with Crippen molar-refractivity contribution in [2.75, 3.05) is 6.54 Å². The fourth-order valence-electron chi connectivity index (χ4n) is 1.53. The number of hydrogen-bond acceptors (Lipinski definition) is 3. The number of amides is 1. The molecule has 1 fully saturated rings. The molecule has 0 radical (unpaired) electrons. The zero-order chi connectivity index (χ0) is 10.0. The summed E-state index contributed by atoms with van der Waals surface area (Å²) in [5.74, 6) is -1.26. The second-order valence-electron chi connectivity index (χ2n) is 3.14. The third kappa shape index (κ3) is 1.98. The van der Waals surface area contributed by atoms with Gasteiger partial charge in [-0.2, -0.15) is 0 Å². The van der Waals surface area contributed by atoms with Gasteiger partial charge in [-0.1, -0.05) is 6.92 Å². The van der Waals surface area contributed by atoms with Crippen molar-refractivity contribution in [3.8, 4) is 0 Å². The Kier molecular flexibility index (Phi) is 2.87. The smallest absolute Gasteiger partial charge is 0.326 e. The lowest BCUT2D eigenvalue weighted by Gasteiger charge is -2.19. The molecular formula is C8H13NO4. The van der Waals surface area contributed by atoms with Crippen LogP contribution >= 0.6 is 0 Å². The van der Waals surface area contributed by atoms with Crippen LogP contribution in [0.4, 0.5) is 0 Å². The first-order valence-corrected chi connectivity index (χ1v) is 4.26. The van der Waals surface area contributed by atoms with E-state index in [-0.39, 0.29) is 25.3 Å². The molecule has 0 aromatic heterocycles. The molecule has 1 saturated heterocycles. The topological polar surface area (TPSA) is 77.8 Å². The fraction of sp³-hybridized carbons (Fsp3) is 0.750. The van der Waals surface area contributed by atoms with Crippen LogP contribution < -0.4 is 0 Å². The Morgan fingerprint density at radius 2 is 2.15 bits per heavy atom. The largest absolute Gasteiger partial charge is 0.480 e. The summed E-state index contributed by atoms with van der Waals surface area (Å²) in [5, 5.41) is 17.9. The maximum Gasteiger partial charge on any atom is 0.326 e. The molecule has 1 rings (SSSR count). The number of likely N-dealkylation sites (tertiary alicyclic amines) is 1. The second-order valence-corrected chi connectivity index (χ2v) is 3.14. The molecule has 2 N–H and O–H groups in total. The molecule has 0 aromatic rings. The number of β-amino-alcohol motifs (C(OH)–C–C–N with tert-alkyl or cyclic N) is 1. The number of aliphatic carboxylic acids is 1. The Labute approximate surface area is 76.0 Å². The molecule has 0 bridgehead atoms. The average molecular weight is 187 g/mol. The molecule has 5 nitrogen and oxygen atoms in total. The standard InChI is InChI=1S/C8H13NO4/c1-2-7(11)9-4-5(10)3-6(9)8(12)13/h5-6,10H,2-4H2,1H3,(H,12,13)/t5-,6-/m1/s1. The van der Waals surface area contributed by atoms with E-state index in [1.807, 2.05) is 0 Å². The van der Waals surface area contributed by atoms with E-state index in [1.165, 1.54) is 4.90 Å². The normalized spacial score (nSPS) is 27.7. The van der Waals surface area contributed by atoms with Gasteiger partial charge in [0.15, 0.2) is 0 Å². The summed E-state index contributed by atoms with van der Waals surface area (Å²) in [4.78, 5) is 23.1. The van der Waals surface area contributed by atoms with Crippen molar-refractivity contribution in [1.82, 2.24) is 4.90 Å². The minimum atomic E-state index is -1.04. The lowest BCUT2D eigenvalue weighted by Crippen LogP contribution is -2.40. The number of carbonyl (C=O) groups is 2. The summed E-state index contributed by atoms with van der Waals surface area (Å²) >= 11 is 0. The number of carboxylic acid groups (broad SMARTS) is 1. The summed E-state index contributed by atoms with van der Waals surface area (Å²) < 4.78 is 0. The van der Waals surface area contributed by atoms with E-state index in [0.29, 0.717) is 0 Å². The first-order valence-electron chi connectivity index (χ1n) is 4.26. The quantitative estimate of drug-likeness (QED) is 0.607. The second kappa shape index (κ2) is 3.74. The van der Waals surface area contributed by atoms with Crippen molar-refractivity contribution >= 4 is 11.9 Å². The first kappa shape index (κ1) is 9.98. The van der Waals surface area contributed by atoms with Gasteiger partial charge in [-0.25, -0.2) is 4.79 Å². The molecule has 1 amide bonds. The van der Waals surface area contributed by atoms with Gasteiger partial charge in [0.05, 0.1) is 6.10 Å². The molecule has 2 atom stereocenters. The minimum Gasteiger partial charge on any atom is -0.480 e. The number of hydrogen-bond donors (Lipinski definition) is 2. The molecular weight excluding hydrogens is 174 g/mol. The average Bonchev–Trinajstić information content (AvgIpc) is 2.46. The highest BCUT2D eigenvalue weighted by atomic mass is 16.4. The molecule has 74 valence electrons. The number of nitrogens with zero attached hydrogens (tertiary/aromatic N) is 1. The van der Waals surface area contributed by atoms with Crippen LogP contribution in [0.25, 0.3) is 0 Å². The number of carbonyl (C=O) groups excluding carboxylic acids is 1. The molecule has 5 heteroatoms. The van der Waals surface area contributed by atoms with Crippen LogP contribution in [0, 0.1) is 0 Å². The van der Waals surface area contributed by atoms with Gasteiger partial charge in [0.2, 0.25) is 5.91 Å². The van der Waals surface area contributed by atoms with Crippen LogP contribution in [0.3, 0.4) is 0 Å². The Hall–Kier alpha value is -1.10. The minimum absolute atomic E-state index is 0.140. The Balaban J connectivity index is 2.71. The van der Waals surface area contributed by atoms with E-state index in [0.717, 1.165) is 0 Å². The molecule has 0 unspecified atom stereocenters. The third-order valence-electron chi connectivity index (χ3n) is 2.19. The zero-order valence-corrected chi connectivity index (χ0v) is 7.43. The van der Waals surface area contributed by atoms with Gasteiger partial charge in [0.1, 0.15) is 6.04 Å². The van der Waals surface area contributed by atoms with Gasteiger partial charge in [-0.15, -0.1) is 0 Å². The Morgan fingerprint density at radius 1 is 1.54 bits per heavy atom. The molecule has 0 aliphatic carbocycles. The van der Waals surface area contributed by atoms with Crippen LogP contribution in [0.5, 0.6) is 0 Å². The van der Waals surface area contributed by atoms with Crippen molar-refractivity contribution in [1.29, 1.82) is 0 Å². The van der Waals surface area contributed by atoms with Crippen molar-refractivity contribution < 1.29 is 19.8 Å². The van der Waals surface area contributed by atoms with E-state index >= 15 is 0 Å². The van der Waals surface area contributed by atoms with Crippen molar-refractivity contribution in [2.45, 2.75) is 31.9 Å². The van der Waals surface area contributed by atoms with E-state index < -0.39 is 18.1 Å². The van der Waals surface area contributed by atoms with Crippen LogP contribution in [-0.2, 0) is 9.59 Å². The van der Waals surface area contributed by atoms with E-state index in [1.54, 1.807) is 6.92 Å². The van der Waals surface area contributed by atoms with E-state index in [9.17, 15) is 14.7 Å². The van der Waals surface area contributed by atoms with Gasteiger partial charge in [0, 0.05) is 19.4 Å². The van der Waals surface area contributed by atoms with Crippen LogP contribution in [0.1, 0.15) is 19.8 Å². The van der Waals surface area contributed by atoms with Crippen LogP contribution in [0.2, 0.25) is 0 Å².